The van der Waals surface area contributed by atoms with E-state index in [1.54, 1.807) is 18.5 Å². The Balaban J connectivity index is 1.35. The number of halogens is 1. The molecule has 3 aliphatic rings. The number of rotatable bonds is 5. The van der Waals surface area contributed by atoms with Crippen molar-refractivity contribution in [2.45, 2.75) is 56.2 Å². The molecule has 0 aromatic carbocycles. The lowest BCUT2D eigenvalue weighted by Crippen LogP contribution is -2.54. The fourth-order valence-corrected chi connectivity index (χ4v) is 6.26. The van der Waals surface area contributed by atoms with Crippen molar-refractivity contribution in [3.05, 3.63) is 35.2 Å². The maximum Gasteiger partial charge on any atom is 0.262 e. The SMILES string of the molecule is Cc1ncc(-c2ccc(C(=O)N[C@H](C(=O)N3C[C@H](Cl)[C@H]4OCC(=O)[C@H]43)C3CCCC3)s2)cn1. The van der Waals surface area contributed by atoms with Crippen LogP contribution in [0.1, 0.15) is 41.2 Å². The van der Waals surface area contributed by atoms with Crippen molar-refractivity contribution < 1.29 is 19.1 Å². The molecule has 0 radical (unpaired) electrons. The molecule has 1 N–H and O–H groups in total. The van der Waals surface area contributed by atoms with E-state index < -0.39 is 23.6 Å². The Bertz CT molecular complexity index is 1070. The molecule has 2 aromatic rings. The van der Waals surface area contributed by atoms with Gasteiger partial charge in [-0.25, -0.2) is 9.97 Å². The molecule has 4 atom stereocenters. The number of aromatic nitrogens is 2. The van der Waals surface area contributed by atoms with E-state index in [-0.39, 0.29) is 36.7 Å². The molecule has 10 heteroatoms. The van der Waals surface area contributed by atoms with E-state index in [1.165, 1.54) is 16.2 Å². The molecule has 33 heavy (non-hydrogen) atoms. The van der Waals surface area contributed by atoms with Gasteiger partial charge in [-0.3, -0.25) is 14.4 Å². The number of carbonyl (C=O) groups is 3. The third-order valence-electron chi connectivity index (χ3n) is 6.72. The number of thiophene rings is 1. The maximum absolute atomic E-state index is 13.6. The van der Waals surface area contributed by atoms with Gasteiger partial charge < -0.3 is 15.0 Å². The summed E-state index contributed by atoms with van der Waals surface area (Å²) in [5, 5.41) is 2.56. The molecule has 8 nitrogen and oxygen atoms in total. The number of alkyl halides is 1. The van der Waals surface area contributed by atoms with Crippen LogP contribution in [0.4, 0.5) is 0 Å². The number of likely N-dealkylation sites (tertiary alicyclic amines) is 1. The number of amides is 2. The molecule has 0 bridgehead atoms. The van der Waals surface area contributed by atoms with Gasteiger partial charge in [0.1, 0.15) is 30.6 Å². The number of hydrogen-bond donors (Lipinski definition) is 1. The molecule has 2 aliphatic heterocycles. The van der Waals surface area contributed by atoms with E-state index in [4.69, 9.17) is 16.3 Å². The first-order valence-electron chi connectivity index (χ1n) is 11.2. The summed E-state index contributed by atoms with van der Waals surface area (Å²) in [5.74, 6) is 0.0566. The molecule has 0 spiro atoms. The molecule has 2 amide bonds. The number of ether oxygens (including phenoxy) is 1. The highest BCUT2D eigenvalue weighted by atomic mass is 35.5. The second-order valence-electron chi connectivity index (χ2n) is 8.87. The van der Waals surface area contributed by atoms with Crippen LogP contribution >= 0.6 is 22.9 Å². The van der Waals surface area contributed by atoms with Crippen molar-refractivity contribution in [1.82, 2.24) is 20.2 Å². The molecule has 174 valence electrons. The summed E-state index contributed by atoms with van der Waals surface area (Å²) in [6.45, 7) is 2.04. The van der Waals surface area contributed by atoms with Crippen LogP contribution in [0.2, 0.25) is 0 Å². The van der Waals surface area contributed by atoms with Crippen molar-refractivity contribution in [1.29, 1.82) is 0 Å². The summed E-state index contributed by atoms with van der Waals surface area (Å²) in [4.78, 5) is 50.5. The van der Waals surface area contributed by atoms with Gasteiger partial charge in [-0.15, -0.1) is 22.9 Å². The largest absolute Gasteiger partial charge is 0.366 e. The van der Waals surface area contributed by atoms with Crippen LogP contribution in [0, 0.1) is 12.8 Å². The van der Waals surface area contributed by atoms with Crippen LogP contribution in [0.5, 0.6) is 0 Å². The number of carbonyl (C=O) groups excluding carboxylic acids is 3. The first-order valence-corrected chi connectivity index (χ1v) is 12.5. The molecule has 3 fully saturated rings. The van der Waals surface area contributed by atoms with Gasteiger partial charge in [-0.05, 0) is 37.8 Å². The van der Waals surface area contributed by atoms with Crippen molar-refractivity contribution in [2.24, 2.45) is 5.92 Å². The molecular weight excluding hydrogens is 464 g/mol. The molecule has 5 rings (SSSR count). The van der Waals surface area contributed by atoms with Crippen molar-refractivity contribution in [3.8, 4) is 10.4 Å². The molecule has 4 heterocycles. The predicted octanol–water partition coefficient (Wildman–Crippen LogP) is 2.59. The van der Waals surface area contributed by atoms with E-state index in [0.717, 1.165) is 36.1 Å². The van der Waals surface area contributed by atoms with Gasteiger partial charge in [-0.2, -0.15) is 0 Å². The van der Waals surface area contributed by atoms with Gasteiger partial charge in [0.2, 0.25) is 5.91 Å². The summed E-state index contributed by atoms with van der Waals surface area (Å²) < 4.78 is 5.52. The molecular formula is C23H25ClN4O4S. The van der Waals surface area contributed by atoms with Crippen molar-refractivity contribution in [2.75, 3.05) is 13.2 Å². The second kappa shape index (κ2) is 9.12. The van der Waals surface area contributed by atoms with Crippen LogP contribution in [-0.2, 0) is 14.3 Å². The summed E-state index contributed by atoms with van der Waals surface area (Å²) in [6, 6.07) is 2.26. The van der Waals surface area contributed by atoms with E-state index >= 15 is 0 Å². The smallest absolute Gasteiger partial charge is 0.262 e. The summed E-state index contributed by atoms with van der Waals surface area (Å²) in [5.41, 5.74) is 0.837. The molecule has 0 unspecified atom stereocenters. The number of Topliss-reactive ketones (excluding diaryl/α,β-unsaturated/α-hetero) is 1. The minimum atomic E-state index is -0.690. The Morgan fingerprint density at radius 2 is 1.97 bits per heavy atom. The van der Waals surface area contributed by atoms with Crippen LogP contribution in [-0.4, -0.2) is 69.2 Å². The van der Waals surface area contributed by atoms with Gasteiger partial charge in [0.05, 0.1) is 10.3 Å². The number of nitrogens with zero attached hydrogens (tertiary/aromatic N) is 3. The lowest BCUT2D eigenvalue weighted by Gasteiger charge is -2.30. The molecule has 1 saturated carbocycles. The number of fused-ring (bicyclic) bond motifs is 1. The zero-order valence-corrected chi connectivity index (χ0v) is 19.8. The summed E-state index contributed by atoms with van der Waals surface area (Å²) in [7, 11) is 0. The Morgan fingerprint density at radius 3 is 2.70 bits per heavy atom. The summed E-state index contributed by atoms with van der Waals surface area (Å²) >= 11 is 7.72. The average molecular weight is 489 g/mol. The monoisotopic (exact) mass is 488 g/mol. The quantitative estimate of drug-likeness (QED) is 0.649. The molecule has 2 saturated heterocycles. The van der Waals surface area contributed by atoms with Gasteiger partial charge in [0, 0.05) is 29.4 Å². The highest BCUT2D eigenvalue weighted by molar-refractivity contribution is 7.17. The van der Waals surface area contributed by atoms with E-state index in [9.17, 15) is 14.4 Å². The van der Waals surface area contributed by atoms with Gasteiger partial charge in [0.25, 0.3) is 5.91 Å². The zero-order chi connectivity index (χ0) is 23.1. The molecule has 2 aromatic heterocycles. The predicted molar refractivity (Wildman–Crippen MR) is 123 cm³/mol. The third kappa shape index (κ3) is 4.29. The van der Waals surface area contributed by atoms with Gasteiger partial charge in [-0.1, -0.05) is 12.8 Å². The van der Waals surface area contributed by atoms with Crippen LogP contribution in [0.15, 0.2) is 24.5 Å². The van der Waals surface area contributed by atoms with Gasteiger partial charge >= 0.3 is 0 Å². The second-order valence-corrected chi connectivity index (χ2v) is 10.5. The van der Waals surface area contributed by atoms with Crippen LogP contribution < -0.4 is 5.32 Å². The molecule has 1 aliphatic carbocycles. The number of hydrogen-bond acceptors (Lipinski definition) is 7. The average Bonchev–Trinajstić information content (AvgIpc) is 3.59. The topological polar surface area (TPSA) is 101 Å². The Hall–Kier alpha value is -2.36. The Morgan fingerprint density at radius 1 is 1.24 bits per heavy atom. The number of aryl methyl sites for hydroxylation is 1. The Kier molecular flexibility index (Phi) is 6.20. The normalized spacial score (nSPS) is 25.9. The summed E-state index contributed by atoms with van der Waals surface area (Å²) in [6.07, 6.45) is 6.76. The van der Waals surface area contributed by atoms with Crippen molar-refractivity contribution >= 4 is 40.5 Å². The van der Waals surface area contributed by atoms with Crippen LogP contribution in [0.3, 0.4) is 0 Å². The number of nitrogens with one attached hydrogen (secondary N) is 1. The van der Waals surface area contributed by atoms with Crippen molar-refractivity contribution in [3.63, 3.8) is 0 Å². The van der Waals surface area contributed by atoms with E-state index in [0.29, 0.717) is 10.7 Å². The van der Waals surface area contributed by atoms with Crippen LogP contribution in [0.25, 0.3) is 10.4 Å². The zero-order valence-electron chi connectivity index (χ0n) is 18.2. The standard InChI is InChI=1S/C23H25ClN4O4S/c1-12-25-8-14(9-26-12)17-6-7-18(33-17)22(30)27-19(13-4-2-3-5-13)23(31)28-10-15(24)21-20(28)16(29)11-32-21/h6-9,13,15,19-21H,2-5,10-11H2,1H3,(H,27,30)/t15-,19-,20+,21+/m0/s1. The lowest BCUT2D eigenvalue weighted by molar-refractivity contribution is -0.139. The minimum Gasteiger partial charge on any atom is -0.366 e. The first-order chi connectivity index (χ1) is 15.9. The minimum absolute atomic E-state index is 0.0243. The lowest BCUT2D eigenvalue weighted by atomic mass is 9.96. The maximum atomic E-state index is 13.6. The highest BCUT2D eigenvalue weighted by Gasteiger charge is 2.53. The van der Waals surface area contributed by atoms with Gasteiger partial charge in [0.15, 0.2) is 5.78 Å². The number of ketones is 1. The fourth-order valence-electron chi connectivity index (χ4n) is 5.02. The van der Waals surface area contributed by atoms with E-state index in [1.807, 2.05) is 13.0 Å². The highest BCUT2D eigenvalue weighted by Crippen LogP contribution is 2.35. The van der Waals surface area contributed by atoms with E-state index in [2.05, 4.69) is 15.3 Å². The third-order valence-corrected chi connectivity index (χ3v) is 8.24. The fraction of sp³-hybridized carbons (Fsp3) is 0.522. The first kappa shape index (κ1) is 22.4. The Labute approximate surface area is 200 Å².